The monoisotopic (exact) mass is 378 g/mol. The van der Waals surface area contributed by atoms with Crippen molar-refractivity contribution in [1.82, 2.24) is 10.2 Å². The van der Waals surface area contributed by atoms with Crippen LogP contribution in [-0.2, 0) is 4.79 Å². The highest BCUT2D eigenvalue weighted by Gasteiger charge is 2.31. The van der Waals surface area contributed by atoms with Crippen LogP contribution in [0.25, 0.3) is 0 Å². The van der Waals surface area contributed by atoms with Gasteiger partial charge in [0, 0.05) is 13.1 Å². The molecule has 1 aliphatic heterocycles. The Hall–Kier alpha value is -1.69. The maximum Gasteiger partial charge on any atom is 0.255 e. The molecule has 1 aliphatic rings. The number of benzene rings is 1. The third-order valence-electron chi connectivity index (χ3n) is 4.75. The van der Waals surface area contributed by atoms with Crippen molar-refractivity contribution in [2.24, 2.45) is 11.8 Å². The average molecular weight is 379 g/mol. The zero-order chi connectivity index (χ0) is 19.1. The Morgan fingerprint density at radius 2 is 1.92 bits per heavy atom. The molecule has 1 N–H and O–H groups in total. The number of likely N-dealkylation sites (tertiary alicyclic amines) is 1. The van der Waals surface area contributed by atoms with E-state index in [9.17, 15) is 9.59 Å². The highest BCUT2D eigenvalue weighted by atomic mass is 32.2. The lowest BCUT2D eigenvalue weighted by atomic mass is 9.91. The van der Waals surface area contributed by atoms with Gasteiger partial charge in [0.15, 0.2) is 0 Å². The van der Waals surface area contributed by atoms with Gasteiger partial charge in [-0.2, -0.15) is 11.8 Å². The van der Waals surface area contributed by atoms with E-state index in [0.717, 1.165) is 25.3 Å². The van der Waals surface area contributed by atoms with Gasteiger partial charge in [-0.25, -0.2) is 0 Å². The fraction of sp³-hybridized carbons (Fsp3) is 0.600. The smallest absolute Gasteiger partial charge is 0.255 e. The minimum absolute atomic E-state index is 0.0284. The van der Waals surface area contributed by atoms with E-state index in [2.05, 4.69) is 19.2 Å². The molecule has 0 aliphatic carbocycles. The normalized spacial score (nSPS) is 21.2. The molecule has 0 spiro atoms. The number of amides is 2. The lowest BCUT2D eigenvalue weighted by molar-refractivity contribution is -0.136. The molecule has 0 saturated carbocycles. The van der Waals surface area contributed by atoms with Crippen LogP contribution in [0.15, 0.2) is 24.3 Å². The van der Waals surface area contributed by atoms with Gasteiger partial charge in [0.25, 0.3) is 5.91 Å². The van der Waals surface area contributed by atoms with Gasteiger partial charge in [0.05, 0.1) is 12.7 Å². The SMILES string of the molecule is COc1ccccc1C(=O)NC(CCSC)C(=O)N1CC(C)CC(C)C1. The van der Waals surface area contributed by atoms with Gasteiger partial charge in [-0.15, -0.1) is 0 Å². The second-order valence-corrected chi connectivity index (χ2v) is 8.18. The number of hydrogen-bond donors (Lipinski definition) is 1. The first-order chi connectivity index (χ1) is 12.5. The zero-order valence-corrected chi connectivity index (χ0v) is 17.0. The molecule has 1 aromatic rings. The van der Waals surface area contributed by atoms with Crippen molar-refractivity contribution < 1.29 is 14.3 Å². The first-order valence-electron chi connectivity index (χ1n) is 9.17. The van der Waals surface area contributed by atoms with Crippen LogP contribution in [0.4, 0.5) is 0 Å². The Balaban J connectivity index is 2.13. The third kappa shape index (κ3) is 5.40. The van der Waals surface area contributed by atoms with Crippen molar-refractivity contribution in [3.8, 4) is 5.75 Å². The summed E-state index contributed by atoms with van der Waals surface area (Å²) in [6, 6.07) is 6.58. The summed E-state index contributed by atoms with van der Waals surface area (Å²) in [5.74, 6) is 2.09. The van der Waals surface area contributed by atoms with Crippen LogP contribution in [0, 0.1) is 11.8 Å². The second kappa shape index (κ2) is 9.86. The fourth-order valence-corrected chi connectivity index (χ4v) is 4.10. The molecular weight excluding hydrogens is 348 g/mol. The number of para-hydroxylation sites is 1. The summed E-state index contributed by atoms with van der Waals surface area (Å²) in [6.07, 6.45) is 3.78. The Bertz CT molecular complexity index is 613. The van der Waals surface area contributed by atoms with E-state index < -0.39 is 6.04 Å². The van der Waals surface area contributed by atoms with Crippen LogP contribution in [0.5, 0.6) is 5.75 Å². The summed E-state index contributed by atoms with van der Waals surface area (Å²) in [7, 11) is 1.54. The highest BCUT2D eigenvalue weighted by molar-refractivity contribution is 7.98. The molecule has 1 heterocycles. The molecule has 5 nitrogen and oxygen atoms in total. The number of ether oxygens (including phenoxy) is 1. The Morgan fingerprint density at radius 3 is 2.54 bits per heavy atom. The molecule has 2 rings (SSSR count). The van der Waals surface area contributed by atoms with Crippen LogP contribution in [-0.4, -0.2) is 55.0 Å². The highest BCUT2D eigenvalue weighted by Crippen LogP contribution is 2.23. The van der Waals surface area contributed by atoms with Crippen LogP contribution in [0.1, 0.15) is 37.0 Å². The molecule has 3 unspecified atom stereocenters. The van der Waals surface area contributed by atoms with Gasteiger partial charge in [-0.3, -0.25) is 9.59 Å². The molecule has 2 amide bonds. The van der Waals surface area contributed by atoms with Crippen LogP contribution in [0.3, 0.4) is 0 Å². The van der Waals surface area contributed by atoms with Crippen LogP contribution < -0.4 is 10.1 Å². The largest absolute Gasteiger partial charge is 0.496 e. The van der Waals surface area contributed by atoms with Gasteiger partial charge in [0.1, 0.15) is 11.8 Å². The number of piperidine rings is 1. The lowest BCUT2D eigenvalue weighted by Crippen LogP contribution is -2.52. The molecule has 3 atom stereocenters. The second-order valence-electron chi connectivity index (χ2n) is 7.20. The van der Waals surface area contributed by atoms with E-state index in [1.165, 1.54) is 0 Å². The maximum absolute atomic E-state index is 13.1. The van der Waals surface area contributed by atoms with Crippen LogP contribution >= 0.6 is 11.8 Å². The Labute approximate surface area is 160 Å². The van der Waals surface area contributed by atoms with Crippen molar-refractivity contribution in [1.29, 1.82) is 0 Å². The summed E-state index contributed by atoms with van der Waals surface area (Å²) in [4.78, 5) is 27.8. The van der Waals surface area contributed by atoms with Gasteiger partial charge in [-0.05, 0) is 48.8 Å². The first-order valence-corrected chi connectivity index (χ1v) is 10.6. The van der Waals surface area contributed by atoms with E-state index in [-0.39, 0.29) is 11.8 Å². The Morgan fingerprint density at radius 1 is 1.27 bits per heavy atom. The van der Waals surface area contributed by atoms with E-state index >= 15 is 0 Å². The van der Waals surface area contributed by atoms with Gasteiger partial charge >= 0.3 is 0 Å². The molecule has 26 heavy (non-hydrogen) atoms. The topological polar surface area (TPSA) is 58.6 Å². The number of carbonyl (C=O) groups is 2. The molecule has 1 saturated heterocycles. The quantitative estimate of drug-likeness (QED) is 0.792. The molecule has 0 radical (unpaired) electrons. The van der Waals surface area contributed by atoms with Crippen molar-refractivity contribution in [3.05, 3.63) is 29.8 Å². The molecule has 6 heteroatoms. The van der Waals surface area contributed by atoms with Gasteiger partial charge < -0.3 is 15.0 Å². The van der Waals surface area contributed by atoms with Crippen molar-refractivity contribution in [2.45, 2.75) is 32.7 Å². The lowest BCUT2D eigenvalue weighted by Gasteiger charge is -2.37. The molecule has 1 fully saturated rings. The summed E-state index contributed by atoms with van der Waals surface area (Å²) in [5.41, 5.74) is 0.456. The number of methoxy groups -OCH3 is 1. The van der Waals surface area contributed by atoms with Crippen molar-refractivity contribution in [2.75, 3.05) is 32.2 Å². The predicted octanol–water partition coefficient (Wildman–Crippen LogP) is 3.05. The minimum atomic E-state index is -0.502. The van der Waals surface area contributed by atoms with Crippen molar-refractivity contribution >= 4 is 23.6 Å². The maximum atomic E-state index is 13.1. The molecule has 1 aromatic carbocycles. The fourth-order valence-electron chi connectivity index (χ4n) is 3.62. The van der Waals surface area contributed by atoms with Gasteiger partial charge in [0.2, 0.25) is 5.91 Å². The molecular formula is C20H30N2O3S. The summed E-state index contributed by atoms with van der Waals surface area (Å²) in [5, 5.41) is 2.95. The number of hydrogen-bond acceptors (Lipinski definition) is 4. The standard InChI is InChI=1S/C20H30N2O3S/c1-14-11-15(2)13-22(12-14)20(24)17(9-10-26-4)21-19(23)16-7-5-6-8-18(16)25-3/h5-8,14-15,17H,9-13H2,1-4H3,(H,21,23). The third-order valence-corrected chi connectivity index (χ3v) is 5.39. The number of rotatable bonds is 7. The number of carbonyl (C=O) groups excluding carboxylic acids is 2. The van der Waals surface area contributed by atoms with E-state index in [1.54, 1.807) is 37.1 Å². The van der Waals surface area contributed by atoms with Crippen LogP contribution in [0.2, 0.25) is 0 Å². The summed E-state index contributed by atoms with van der Waals surface area (Å²) < 4.78 is 5.27. The van der Waals surface area contributed by atoms with Crippen molar-refractivity contribution in [3.63, 3.8) is 0 Å². The average Bonchev–Trinajstić information content (AvgIpc) is 2.63. The van der Waals surface area contributed by atoms with E-state index in [1.807, 2.05) is 17.2 Å². The number of nitrogens with one attached hydrogen (secondary N) is 1. The molecule has 0 aromatic heterocycles. The zero-order valence-electron chi connectivity index (χ0n) is 16.2. The number of nitrogens with zero attached hydrogens (tertiary/aromatic N) is 1. The van der Waals surface area contributed by atoms with Gasteiger partial charge in [-0.1, -0.05) is 26.0 Å². The number of thioether (sulfide) groups is 1. The van der Waals surface area contributed by atoms with E-state index in [0.29, 0.717) is 29.6 Å². The van der Waals surface area contributed by atoms with E-state index in [4.69, 9.17) is 4.74 Å². The first kappa shape index (κ1) is 20.6. The summed E-state index contributed by atoms with van der Waals surface area (Å²) >= 11 is 1.68. The predicted molar refractivity (Wildman–Crippen MR) is 107 cm³/mol. The molecule has 0 bridgehead atoms. The summed E-state index contributed by atoms with van der Waals surface area (Å²) in [6.45, 7) is 5.90. The Kier molecular flexibility index (Phi) is 7.82. The molecule has 144 valence electrons. The minimum Gasteiger partial charge on any atom is -0.496 e.